The van der Waals surface area contributed by atoms with Gasteiger partial charge in [-0.2, -0.15) is 5.26 Å². The number of aromatic nitrogens is 2. The number of hydrogen-bond acceptors (Lipinski definition) is 5. The Bertz CT molecular complexity index is 1170. The van der Waals surface area contributed by atoms with E-state index in [-0.39, 0.29) is 0 Å². The molecule has 0 N–H and O–H groups in total. The number of carbonyl (C=O) groups excluding carboxylic acids is 1. The lowest BCUT2D eigenvalue weighted by atomic mass is 9.98. The van der Waals surface area contributed by atoms with E-state index >= 15 is 0 Å². The van der Waals surface area contributed by atoms with Crippen LogP contribution in [0.5, 0.6) is 0 Å². The summed E-state index contributed by atoms with van der Waals surface area (Å²) in [6.07, 6.45) is 0.763. The summed E-state index contributed by atoms with van der Waals surface area (Å²) >= 11 is 6.44. The summed E-state index contributed by atoms with van der Waals surface area (Å²) in [4.78, 5) is 20.9. The normalized spacial score (nSPS) is 14.9. The SMILES string of the molecule is CC(=O)OC1N=C(c2ccccc2Cl)c2cc(C#N)ccc2-n2c(C)cnc21. The van der Waals surface area contributed by atoms with Gasteiger partial charge >= 0.3 is 5.97 Å². The number of nitriles is 1. The maximum Gasteiger partial charge on any atom is 0.304 e. The summed E-state index contributed by atoms with van der Waals surface area (Å²) in [5.74, 6) is 0.0174. The Morgan fingerprint density at radius 1 is 1.25 bits per heavy atom. The Morgan fingerprint density at radius 3 is 2.75 bits per heavy atom. The molecule has 0 spiro atoms. The Hall–Kier alpha value is -3.43. The van der Waals surface area contributed by atoms with Crippen LogP contribution in [0, 0.1) is 18.3 Å². The van der Waals surface area contributed by atoms with Crippen LogP contribution in [0.1, 0.15) is 41.4 Å². The standard InChI is InChI=1S/C21H15ClN4O2/c1-12-11-24-20-21(28-13(2)27)25-19(15-5-3-4-6-17(15)22)16-9-14(10-23)7-8-18(16)26(12)20/h3-9,11,21H,1-2H3. The molecule has 1 aliphatic heterocycles. The van der Waals surface area contributed by atoms with Gasteiger partial charge in [0.15, 0.2) is 5.82 Å². The third-order valence-corrected chi connectivity index (χ3v) is 4.79. The van der Waals surface area contributed by atoms with Gasteiger partial charge in [-0.15, -0.1) is 0 Å². The first-order chi connectivity index (χ1) is 13.5. The van der Waals surface area contributed by atoms with Crippen molar-refractivity contribution in [2.24, 2.45) is 4.99 Å². The summed E-state index contributed by atoms with van der Waals surface area (Å²) < 4.78 is 7.36. The zero-order valence-corrected chi connectivity index (χ0v) is 15.9. The number of fused-ring (bicyclic) bond motifs is 3. The maximum absolute atomic E-state index is 11.7. The second-order valence-corrected chi connectivity index (χ2v) is 6.76. The van der Waals surface area contributed by atoms with Gasteiger partial charge in [0.25, 0.3) is 6.23 Å². The molecule has 6 nitrogen and oxygen atoms in total. The summed E-state index contributed by atoms with van der Waals surface area (Å²) in [6, 6.07) is 14.8. The van der Waals surface area contributed by atoms with Crippen molar-refractivity contribution in [3.05, 3.63) is 81.9 Å². The van der Waals surface area contributed by atoms with E-state index in [4.69, 9.17) is 21.3 Å². The molecular formula is C21H15ClN4O2. The highest BCUT2D eigenvalue weighted by Crippen LogP contribution is 2.34. The first kappa shape index (κ1) is 18.0. The molecule has 0 saturated heterocycles. The number of benzene rings is 2. The van der Waals surface area contributed by atoms with Gasteiger partial charge in [0, 0.05) is 35.0 Å². The van der Waals surface area contributed by atoms with Gasteiger partial charge in [0.1, 0.15) is 0 Å². The van der Waals surface area contributed by atoms with Crippen molar-refractivity contribution in [3.63, 3.8) is 0 Å². The van der Waals surface area contributed by atoms with Crippen LogP contribution in [0.3, 0.4) is 0 Å². The predicted molar refractivity (Wildman–Crippen MR) is 105 cm³/mol. The number of rotatable bonds is 2. The highest BCUT2D eigenvalue weighted by molar-refractivity contribution is 6.35. The minimum Gasteiger partial charge on any atom is -0.432 e. The fourth-order valence-corrected chi connectivity index (χ4v) is 3.51. The largest absolute Gasteiger partial charge is 0.432 e. The topological polar surface area (TPSA) is 80.3 Å². The second kappa shape index (κ2) is 6.95. The molecule has 7 heteroatoms. The van der Waals surface area contributed by atoms with E-state index < -0.39 is 12.2 Å². The molecule has 0 bridgehead atoms. The Morgan fingerprint density at radius 2 is 2.04 bits per heavy atom. The fraction of sp³-hybridized carbons (Fsp3) is 0.143. The van der Waals surface area contributed by atoms with Crippen LogP contribution in [-0.4, -0.2) is 21.2 Å². The first-order valence-corrected chi connectivity index (χ1v) is 8.96. The number of imidazole rings is 1. The summed E-state index contributed by atoms with van der Waals surface area (Å²) in [5, 5.41) is 9.90. The second-order valence-electron chi connectivity index (χ2n) is 6.36. The number of nitrogens with zero attached hydrogens (tertiary/aromatic N) is 4. The molecule has 0 amide bonds. The molecule has 0 aliphatic carbocycles. The number of carbonyl (C=O) groups is 1. The molecule has 1 aliphatic rings. The fourth-order valence-electron chi connectivity index (χ4n) is 3.28. The molecule has 138 valence electrons. The van der Waals surface area contributed by atoms with Gasteiger partial charge in [-0.1, -0.05) is 29.8 Å². The summed E-state index contributed by atoms with van der Waals surface area (Å²) in [6.45, 7) is 3.24. The minimum absolute atomic E-state index is 0.469. The lowest BCUT2D eigenvalue weighted by molar-refractivity contribution is -0.146. The molecule has 1 atom stereocenters. The molecule has 0 fully saturated rings. The number of halogens is 1. The highest BCUT2D eigenvalue weighted by Gasteiger charge is 2.29. The molecule has 1 unspecified atom stereocenters. The molecule has 4 rings (SSSR count). The predicted octanol–water partition coefficient (Wildman–Crippen LogP) is 4.12. The monoisotopic (exact) mass is 390 g/mol. The van der Waals surface area contributed by atoms with Crippen LogP contribution in [0.2, 0.25) is 5.02 Å². The third kappa shape index (κ3) is 2.96. The van der Waals surface area contributed by atoms with Crippen molar-refractivity contribution < 1.29 is 9.53 Å². The maximum atomic E-state index is 11.7. The first-order valence-electron chi connectivity index (χ1n) is 8.58. The number of ether oxygens (including phenoxy) is 1. The van der Waals surface area contributed by atoms with Crippen LogP contribution in [0.15, 0.2) is 53.7 Å². The van der Waals surface area contributed by atoms with Crippen molar-refractivity contribution >= 4 is 23.3 Å². The van der Waals surface area contributed by atoms with Gasteiger partial charge in [-0.25, -0.2) is 9.98 Å². The zero-order chi connectivity index (χ0) is 19.8. The molecular weight excluding hydrogens is 376 g/mol. The van der Waals surface area contributed by atoms with Crippen molar-refractivity contribution in [1.29, 1.82) is 5.26 Å². The molecule has 28 heavy (non-hydrogen) atoms. The smallest absolute Gasteiger partial charge is 0.304 e. The van der Waals surface area contributed by atoms with Crippen molar-refractivity contribution in [2.45, 2.75) is 20.1 Å². The summed E-state index contributed by atoms with van der Waals surface area (Å²) in [7, 11) is 0. The van der Waals surface area contributed by atoms with Gasteiger partial charge in [0.2, 0.25) is 0 Å². The van der Waals surface area contributed by atoms with Crippen LogP contribution in [0.4, 0.5) is 0 Å². The minimum atomic E-state index is -0.935. The van der Waals surface area contributed by atoms with Gasteiger partial charge in [-0.3, -0.25) is 9.36 Å². The molecule has 1 aromatic heterocycles. The molecule has 2 aromatic carbocycles. The van der Waals surface area contributed by atoms with Crippen LogP contribution in [0.25, 0.3) is 5.69 Å². The number of aliphatic imine (C=N–C) groups is 1. The molecule has 0 radical (unpaired) electrons. The van der Waals surface area contributed by atoms with E-state index in [0.717, 1.165) is 11.4 Å². The number of hydrogen-bond donors (Lipinski definition) is 0. The van der Waals surface area contributed by atoms with E-state index in [1.165, 1.54) is 6.92 Å². The average Bonchev–Trinajstić information content (AvgIpc) is 3.00. The molecule has 0 saturated carbocycles. The van der Waals surface area contributed by atoms with E-state index in [9.17, 15) is 10.1 Å². The molecule has 3 aromatic rings. The summed E-state index contributed by atoms with van der Waals surface area (Å²) in [5.41, 5.74) is 4.06. The zero-order valence-electron chi connectivity index (χ0n) is 15.2. The van der Waals surface area contributed by atoms with Crippen LogP contribution >= 0.6 is 11.6 Å². The van der Waals surface area contributed by atoms with Crippen molar-refractivity contribution in [1.82, 2.24) is 9.55 Å². The van der Waals surface area contributed by atoms with Crippen LogP contribution in [-0.2, 0) is 9.53 Å². The quantitative estimate of drug-likeness (QED) is 0.616. The highest BCUT2D eigenvalue weighted by atomic mass is 35.5. The van der Waals surface area contributed by atoms with Gasteiger partial charge in [-0.05, 0) is 31.2 Å². The van der Waals surface area contributed by atoms with E-state index in [2.05, 4.69) is 11.1 Å². The van der Waals surface area contributed by atoms with Crippen molar-refractivity contribution in [3.8, 4) is 11.8 Å². The number of aryl methyl sites for hydroxylation is 1. The Labute approximate surface area is 166 Å². The molecule has 2 heterocycles. The van der Waals surface area contributed by atoms with Gasteiger partial charge < -0.3 is 4.74 Å². The van der Waals surface area contributed by atoms with Crippen molar-refractivity contribution in [2.75, 3.05) is 0 Å². The average molecular weight is 391 g/mol. The number of esters is 1. The van der Waals surface area contributed by atoms with E-state index in [1.54, 1.807) is 24.4 Å². The lowest BCUT2D eigenvalue weighted by Crippen LogP contribution is -2.12. The Balaban J connectivity index is 2.07. The lowest BCUT2D eigenvalue weighted by Gasteiger charge is -2.14. The van der Waals surface area contributed by atoms with E-state index in [1.807, 2.05) is 35.8 Å². The van der Waals surface area contributed by atoms with E-state index in [0.29, 0.717) is 33.2 Å². The third-order valence-electron chi connectivity index (χ3n) is 4.46. The van der Waals surface area contributed by atoms with Crippen LogP contribution < -0.4 is 0 Å². The Kier molecular flexibility index (Phi) is 4.46. The van der Waals surface area contributed by atoms with Gasteiger partial charge in [0.05, 0.1) is 23.0 Å².